The summed E-state index contributed by atoms with van der Waals surface area (Å²) in [6.45, 7) is 1.98. The molecule has 0 aliphatic carbocycles. The van der Waals surface area contributed by atoms with Gasteiger partial charge in [0.05, 0.1) is 0 Å². The molecule has 0 spiro atoms. The fourth-order valence-electron chi connectivity index (χ4n) is 1.35. The highest BCUT2D eigenvalue weighted by Crippen LogP contribution is 2.23. The van der Waals surface area contributed by atoms with E-state index >= 15 is 0 Å². The second kappa shape index (κ2) is 4.26. The van der Waals surface area contributed by atoms with Crippen LogP contribution in [-0.2, 0) is 0 Å². The first-order chi connectivity index (χ1) is 7.18. The van der Waals surface area contributed by atoms with E-state index in [2.05, 4.69) is 0 Å². The molecule has 2 aromatic rings. The van der Waals surface area contributed by atoms with Crippen molar-refractivity contribution >= 4 is 28.5 Å². The van der Waals surface area contributed by atoms with E-state index in [1.807, 2.05) is 35.9 Å². The Morgan fingerprint density at radius 1 is 1.47 bits per heavy atom. The van der Waals surface area contributed by atoms with Gasteiger partial charge < -0.3 is 5.73 Å². The van der Waals surface area contributed by atoms with Gasteiger partial charge in [-0.2, -0.15) is 0 Å². The molecule has 2 N–H and O–H groups in total. The molecule has 2 heterocycles. The molecule has 1 atom stereocenters. The number of Topliss-reactive ketones (excluding diaryl/α,β-unsaturated/α-hetero) is 1. The third kappa shape index (κ3) is 2.17. The van der Waals surface area contributed by atoms with Gasteiger partial charge in [-0.05, 0) is 24.4 Å². The molecule has 0 amide bonds. The van der Waals surface area contributed by atoms with E-state index in [1.54, 1.807) is 11.3 Å². The maximum atomic E-state index is 11.9. The van der Waals surface area contributed by atoms with Gasteiger partial charge in [0.15, 0.2) is 5.78 Å². The van der Waals surface area contributed by atoms with Crippen molar-refractivity contribution in [1.29, 1.82) is 0 Å². The number of aryl methyl sites for hydroxylation is 1. The number of nitrogens with two attached hydrogens (primary N) is 1. The van der Waals surface area contributed by atoms with Crippen LogP contribution in [0.1, 0.15) is 26.2 Å². The van der Waals surface area contributed by atoms with Crippen LogP contribution in [0.4, 0.5) is 0 Å². The highest BCUT2D eigenvalue weighted by molar-refractivity contribution is 7.10. The summed E-state index contributed by atoms with van der Waals surface area (Å²) in [4.78, 5) is 14.0. The average Bonchev–Trinajstić information content (AvgIpc) is 2.85. The molecule has 0 fully saturated rings. The number of hydrogen-bond donors (Lipinski definition) is 1. The van der Waals surface area contributed by atoms with Gasteiger partial charge in [0.1, 0.15) is 6.04 Å². The topological polar surface area (TPSA) is 43.1 Å². The maximum Gasteiger partial charge on any atom is 0.185 e. The Kier molecular flexibility index (Phi) is 3.00. The summed E-state index contributed by atoms with van der Waals surface area (Å²) >= 11 is 3.09. The van der Waals surface area contributed by atoms with E-state index in [9.17, 15) is 4.79 Å². The number of hydrogen-bond acceptors (Lipinski definition) is 4. The summed E-state index contributed by atoms with van der Waals surface area (Å²) in [7, 11) is 0. The molecule has 0 aliphatic rings. The van der Waals surface area contributed by atoms with Gasteiger partial charge in [-0.15, -0.1) is 22.7 Å². The zero-order valence-electron chi connectivity index (χ0n) is 8.27. The lowest BCUT2D eigenvalue weighted by molar-refractivity contribution is 0.0963. The van der Waals surface area contributed by atoms with Crippen LogP contribution in [-0.4, -0.2) is 5.78 Å². The summed E-state index contributed by atoms with van der Waals surface area (Å²) in [5.74, 6) is 0.00167. The normalized spacial score (nSPS) is 12.7. The quantitative estimate of drug-likeness (QED) is 0.834. The zero-order chi connectivity index (χ0) is 10.8. The highest BCUT2D eigenvalue weighted by Gasteiger charge is 2.19. The fraction of sp³-hybridized carbons (Fsp3) is 0.182. The SMILES string of the molecule is Cc1cc(C(=O)C(N)c2cccs2)cs1. The number of carbonyl (C=O) groups is 1. The molecular weight excluding hydrogens is 226 g/mol. The zero-order valence-corrected chi connectivity index (χ0v) is 9.90. The van der Waals surface area contributed by atoms with Gasteiger partial charge in [0, 0.05) is 20.7 Å². The summed E-state index contributed by atoms with van der Waals surface area (Å²) in [6.07, 6.45) is 0. The Morgan fingerprint density at radius 2 is 2.27 bits per heavy atom. The van der Waals surface area contributed by atoms with E-state index in [0.29, 0.717) is 0 Å². The lowest BCUT2D eigenvalue weighted by Crippen LogP contribution is -2.19. The Morgan fingerprint density at radius 3 is 2.80 bits per heavy atom. The van der Waals surface area contributed by atoms with E-state index in [4.69, 9.17) is 5.73 Å². The first kappa shape index (κ1) is 10.5. The molecule has 2 aromatic heterocycles. The predicted molar refractivity (Wildman–Crippen MR) is 64.6 cm³/mol. The van der Waals surface area contributed by atoms with Crippen molar-refractivity contribution in [3.8, 4) is 0 Å². The van der Waals surface area contributed by atoms with Crippen LogP contribution in [0.25, 0.3) is 0 Å². The van der Waals surface area contributed by atoms with Crippen LogP contribution < -0.4 is 5.73 Å². The molecule has 2 nitrogen and oxygen atoms in total. The van der Waals surface area contributed by atoms with Crippen molar-refractivity contribution in [2.24, 2.45) is 5.73 Å². The van der Waals surface area contributed by atoms with Crippen molar-refractivity contribution in [2.45, 2.75) is 13.0 Å². The third-order valence-corrected chi connectivity index (χ3v) is 3.96. The smallest absolute Gasteiger partial charge is 0.185 e. The van der Waals surface area contributed by atoms with Gasteiger partial charge in [0.25, 0.3) is 0 Å². The predicted octanol–water partition coefficient (Wildman–Crippen LogP) is 3.00. The Hall–Kier alpha value is -0.970. The molecule has 0 radical (unpaired) electrons. The average molecular weight is 237 g/mol. The monoisotopic (exact) mass is 237 g/mol. The molecular formula is C11H11NOS2. The van der Waals surface area contributed by atoms with Crippen molar-refractivity contribution in [2.75, 3.05) is 0 Å². The van der Waals surface area contributed by atoms with E-state index in [-0.39, 0.29) is 5.78 Å². The molecule has 2 rings (SSSR count). The van der Waals surface area contributed by atoms with Crippen molar-refractivity contribution in [3.63, 3.8) is 0 Å². The second-order valence-electron chi connectivity index (χ2n) is 3.30. The minimum absolute atomic E-state index is 0.00167. The van der Waals surface area contributed by atoms with Gasteiger partial charge in [-0.1, -0.05) is 6.07 Å². The molecule has 0 saturated heterocycles. The van der Waals surface area contributed by atoms with Gasteiger partial charge in [0.2, 0.25) is 0 Å². The number of thiophene rings is 2. The molecule has 0 aliphatic heterocycles. The van der Waals surface area contributed by atoms with Crippen molar-refractivity contribution in [1.82, 2.24) is 0 Å². The minimum Gasteiger partial charge on any atom is -0.317 e. The maximum absolute atomic E-state index is 11.9. The van der Waals surface area contributed by atoms with Gasteiger partial charge in [-0.25, -0.2) is 0 Å². The number of carbonyl (C=O) groups excluding carboxylic acids is 1. The largest absolute Gasteiger partial charge is 0.317 e. The molecule has 0 saturated carbocycles. The highest BCUT2D eigenvalue weighted by atomic mass is 32.1. The van der Waals surface area contributed by atoms with Crippen LogP contribution in [0, 0.1) is 6.92 Å². The standard InChI is InChI=1S/C11H11NOS2/c1-7-5-8(6-15-7)11(13)10(12)9-3-2-4-14-9/h2-6,10H,12H2,1H3. The van der Waals surface area contributed by atoms with Crippen LogP contribution in [0.5, 0.6) is 0 Å². The van der Waals surface area contributed by atoms with Crippen LogP contribution in [0.3, 0.4) is 0 Å². The summed E-state index contributed by atoms with van der Waals surface area (Å²) < 4.78 is 0. The van der Waals surface area contributed by atoms with Crippen LogP contribution in [0.2, 0.25) is 0 Å². The molecule has 0 bridgehead atoms. The molecule has 4 heteroatoms. The molecule has 0 aromatic carbocycles. The van der Waals surface area contributed by atoms with E-state index in [1.165, 1.54) is 11.3 Å². The van der Waals surface area contributed by atoms with Crippen LogP contribution >= 0.6 is 22.7 Å². The summed E-state index contributed by atoms with van der Waals surface area (Å²) in [5.41, 5.74) is 6.61. The Bertz CT molecular complexity index is 459. The number of ketones is 1. The first-order valence-corrected chi connectivity index (χ1v) is 6.33. The van der Waals surface area contributed by atoms with E-state index < -0.39 is 6.04 Å². The molecule has 1 unspecified atom stereocenters. The lowest BCUT2D eigenvalue weighted by Gasteiger charge is -2.06. The molecule has 78 valence electrons. The van der Waals surface area contributed by atoms with Gasteiger partial charge in [-0.3, -0.25) is 4.79 Å². The fourth-order valence-corrected chi connectivity index (χ4v) is 2.77. The Balaban J connectivity index is 2.22. The lowest BCUT2D eigenvalue weighted by atomic mass is 10.1. The van der Waals surface area contributed by atoms with Gasteiger partial charge >= 0.3 is 0 Å². The third-order valence-electron chi connectivity index (χ3n) is 2.15. The first-order valence-electron chi connectivity index (χ1n) is 4.57. The van der Waals surface area contributed by atoms with Crippen molar-refractivity contribution in [3.05, 3.63) is 44.3 Å². The van der Waals surface area contributed by atoms with Crippen molar-refractivity contribution < 1.29 is 4.79 Å². The summed E-state index contributed by atoms with van der Waals surface area (Å²) in [6, 6.07) is 5.18. The Labute approximate surface area is 96.4 Å². The van der Waals surface area contributed by atoms with E-state index in [0.717, 1.165) is 15.3 Å². The second-order valence-corrected chi connectivity index (χ2v) is 5.40. The summed E-state index contributed by atoms with van der Waals surface area (Å²) in [5, 5.41) is 3.80. The minimum atomic E-state index is -0.515. The number of rotatable bonds is 3. The van der Waals surface area contributed by atoms with Crippen LogP contribution in [0.15, 0.2) is 29.0 Å². The molecule has 15 heavy (non-hydrogen) atoms.